The molecule has 6 heteroatoms. The first-order valence-corrected chi connectivity index (χ1v) is 6.57. The van der Waals surface area contributed by atoms with Crippen LogP contribution in [0.3, 0.4) is 0 Å². The van der Waals surface area contributed by atoms with Gasteiger partial charge in [-0.05, 0) is 24.6 Å². The molecule has 19 heavy (non-hydrogen) atoms. The summed E-state index contributed by atoms with van der Waals surface area (Å²) in [5.74, 6) is 0.671. The Hall–Kier alpha value is -1.000. The van der Waals surface area contributed by atoms with Gasteiger partial charge in [-0.25, -0.2) is 4.98 Å². The lowest BCUT2D eigenvalue weighted by Crippen LogP contribution is -1.94. The molecule has 0 aliphatic carbocycles. The number of rotatable bonds is 3. The highest BCUT2D eigenvalue weighted by atomic mass is 35.5. The molecule has 0 bridgehead atoms. The molecular weight excluding hydrogens is 309 g/mol. The molecule has 0 radical (unpaired) electrons. The molecule has 0 unspecified atom stereocenters. The third-order valence-electron chi connectivity index (χ3n) is 2.43. The number of aliphatic hydroxyl groups is 1. The third kappa shape index (κ3) is 3.51. The number of hydrogen-bond acceptors (Lipinski definition) is 3. The van der Waals surface area contributed by atoms with Crippen molar-refractivity contribution in [3.05, 3.63) is 51.1 Å². The number of benzene rings is 1. The van der Waals surface area contributed by atoms with Crippen LogP contribution in [0.2, 0.25) is 15.1 Å². The van der Waals surface area contributed by atoms with Crippen molar-refractivity contribution in [2.75, 3.05) is 0 Å². The molecule has 0 saturated heterocycles. The average molecular weight is 319 g/mol. The van der Waals surface area contributed by atoms with Gasteiger partial charge in [-0.15, -0.1) is 0 Å². The fourth-order valence-electron chi connectivity index (χ4n) is 1.44. The molecule has 0 aliphatic heterocycles. The lowest BCUT2D eigenvalue weighted by atomic mass is 10.2. The predicted octanol–water partition coefficient (Wildman–Crippen LogP) is 4.89. The highest BCUT2D eigenvalue weighted by Gasteiger charge is 2.10. The van der Waals surface area contributed by atoms with Crippen molar-refractivity contribution in [2.24, 2.45) is 0 Å². The Morgan fingerprint density at radius 2 is 1.79 bits per heavy atom. The molecule has 3 nitrogen and oxygen atoms in total. The van der Waals surface area contributed by atoms with E-state index in [4.69, 9.17) is 39.5 Å². The summed E-state index contributed by atoms with van der Waals surface area (Å²) >= 11 is 17.7. The summed E-state index contributed by atoms with van der Waals surface area (Å²) in [6, 6.07) is 6.35. The van der Waals surface area contributed by atoms with Gasteiger partial charge in [-0.1, -0.05) is 34.8 Å². The molecule has 0 spiro atoms. The van der Waals surface area contributed by atoms with Crippen molar-refractivity contribution >= 4 is 34.8 Å². The molecular formula is C13H10Cl3NO2. The Bertz CT molecular complexity index is 602. The van der Waals surface area contributed by atoms with Gasteiger partial charge in [0.2, 0.25) is 5.88 Å². The first-order chi connectivity index (χ1) is 8.97. The van der Waals surface area contributed by atoms with Crippen molar-refractivity contribution in [1.29, 1.82) is 0 Å². The van der Waals surface area contributed by atoms with E-state index in [9.17, 15) is 5.11 Å². The summed E-state index contributed by atoms with van der Waals surface area (Å²) < 4.78 is 5.54. The standard InChI is InChI=1S/C13H10Cl3NO2/c1-7(18)8-2-3-17-13(4-8)19-12-6-10(15)9(14)5-11(12)16/h2-7,18H,1H3/t7-/m1/s1. The van der Waals surface area contributed by atoms with Gasteiger partial charge in [0, 0.05) is 18.3 Å². The minimum absolute atomic E-state index is 0.318. The number of hydrogen-bond donors (Lipinski definition) is 1. The van der Waals surface area contributed by atoms with Crippen LogP contribution < -0.4 is 4.74 Å². The number of halogens is 3. The van der Waals surface area contributed by atoms with Crippen molar-refractivity contribution in [1.82, 2.24) is 4.98 Å². The minimum Gasteiger partial charge on any atom is -0.437 e. The Kier molecular flexibility index (Phi) is 4.53. The summed E-state index contributed by atoms with van der Waals surface area (Å²) in [5, 5.41) is 10.5. The summed E-state index contributed by atoms with van der Waals surface area (Å²) in [4.78, 5) is 4.04. The van der Waals surface area contributed by atoms with Gasteiger partial charge in [-0.2, -0.15) is 0 Å². The van der Waals surface area contributed by atoms with Crippen LogP contribution in [0.4, 0.5) is 0 Å². The monoisotopic (exact) mass is 317 g/mol. The number of aliphatic hydroxyl groups excluding tert-OH is 1. The Morgan fingerprint density at radius 3 is 2.47 bits per heavy atom. The maximum absolute atomic E-state index is 9.50. The maximum Gasteiger partial charge on any atom is 0.219 e. The van der Waals surface area contributed by atoms with E-state index < -0.39 is 6.10 Å². The highest BCUT2D eigenvalue weighted by molar-refractivity contribution is 6.43. The van der Waals surface area contributed by atoms with Crippen LogP contribution in [0.5, 0.6) is 11.6 Å². The van der Waals surface area contributed by atoms with E-state index in [2.05, 4.69) is 4.98 Å². The van der Waals surface area contributed by atoms with Gasteiger partial charge in [0.1, 0.15) is 5.75 Å². The van der Waals surface area contributed by atoms with Crippen LogP contribution in [0.15, 0.2) is 30.5 Å². The zero-order chi connectivity index (χ0) is 14.0. The number of pyridine rings is 1. The van der Waals surface area contributed by atoms with Gasteiger partial charge < -0.3 is 9.84 Å². The second kappa shape index (κ2) is 5.97. The Morgan fingerprint density at radius 1 is 1.11 bits per heavy atom. The van der Waals surface area contributed by atoms with E-state index in [-0.39, 0.29) is 0 Å². The van der Waals surface area contributed by atoms with Gasteiger partial charge >= 0.3 is 0 Å². The van der Waals surface area contributed by atoms with Crippen LogP contribution in [-0.2, 0) is 0 Å². The summed E-state index contributed by atoms with van der Waals surface area (Å²) in [5.41, 5.74) is 0.696. The van der Waals surface area contributed by atoms with E-state index in [1.807, 2.05) is 0 Å². The lowest BCUT2D eigenvalue weighted by Gasteiger charge is -2.10. The van der Waals surface area contributed by atoms with Crippen molar-refractivity contribution < 1.29 is 9.84 Å². The van der Waals surface area contributed by atoms with E-state index >= 15 is 0 Å². The van der Waals surface area contributed by atoms with E-state index in [1.165, 1.54) is 12.1 Å². The Labute approximate surface area is 125 Å². The number of nitrogens with zero attached hydrogens (tertiary/aromatic N) is 1. The van der Waals surface area contributed by atoms with Crippen LogP contribution in [0.1, 0.15) is 18.6 Å². The fourth-order valence-corrected chi connectivity index (χ4v) is 2.01. The molecule has 0 aliphatic rings. The zero-order valence-corrected chi connectivity index (χ0v) is 12.2. The Balaban J connectivity index is 2.31. The molecule has 100 valence electrons. The second-order valence-electron chi connectivity index (χ2n) is 3.90. The third-order valence-corrected chi connectivity index (χ3v) is 3.45. The van der Waals surface area contributed by atoms with Gasteiger partial charge in [0.25, 0.3) is 0 Å². The van der Waals surface area contributed by atoms with Crippen LogP contribution in [0, 0.1) is 0 Å². The predicted molar refractivity (Wildman–Crippen MR) is 76.4 cm³/mol. The molecule has 1 aromatic heterocycles. The molecule has 2 rings (SSSR count). The summed E-state index contributed by atoms with van der Waals surface area (Å²) in [6.07, 6.45) is 0.942. The SMILES string of the molecule is C[C@@H](O)c1ccnc(Oc2cc(Cl)c(Cl)cc2Cl)c1. The van der Waals surface area contributed by atoms with Crippen LogP contribution >= 0.6 is 34.8 Å². The maximum atomic E-state index is 9.50. The topological polar surface area (TPSA) is 42.4 Å². The van der Waals surface area contributed by atoms with Crippen molar-refractivity contribution in [3.63, 3.8) is 0 Å². The molecule has 1 N–H and O–H groups in total. The number of aromatic nitrogens is 1. The first-order valence-electron chi connectivity index (χ1n) is 5.44. The summed E-state index contributed by atoms with van der Waals surface area (Å²) in [7, 11) is 0. The largest absolute Gasteiger partial charge is 0.437 e. The van der Waals surface area contributed by atoms with Crippen LogP contribution in [0.25, 0.3) is 0 Å². The molecule has 1 atom stereocenters. The zero-order valence-electron chi connectivity index (χ0n) is 9.90. The van der Waals surface area contributed by atoms with Crippen molar-refractivity contribution in [3.8, 4) is 11.6 Å². The quantitative estimate of drug-likeness (QED) is 0.819. The van der Waals surface area contributed by atoms with E-state index in [0.29, 0.717) is 32.3 Å². The first kappa shape index (κ1) is 14.4. The van der Waals surface area contributed by atoms with Crippen LogP contribution in [-0.4, -0.2) is 10.1 Å². The van der Waals surface area contributed by atoms with Gasteiger partial charge in [0.15, 0.2) is 0 Å². The molecule has 1 aromatic carbocycles. The molecule has 0 amide bonds. The van der Waals surface area contributed by atoms with Crippen molar-refractivity contribution in [2.45, 2.75) is 13.0 Å². The van der Waals surface area contributed by atoms with Gasteiger partial charge in [-0.3, -0.25) is 0 Å². The normalized spacial score (nSPS) is 12.3. The average Bonchev–Trinajstić information content (AvgIpc) is 2.36. The summed E-state index contributed by atoms with van der Waals surface area (Å²) in [6.45, 7) is 1.66. The highest BCUT2D eigenvalue weighted by Crippen LogP contribution is 2.36. The molecule has 0 fully saturated rings. The number of ether oxygens (including phenoxy) is 1. The molecule has 2 aromatic rings. The van der Waals surface area contributed by atoms with E-state index in [0.717, 1.165) is 0 Å². The second-order valence-corrected chi connectivity index (χ2v) is 5.12. The molecule has 1 heterocycles. The van der Waals surface area contributed by atoms with E-state index in [1.54, 1.807) is 25.3 Å². The minimum atomic E-state index is -0.602. The lowest BCUT2D eigenvalue weighted by molar-refractivity contribution is 0.198. The smallest absolute Gasteiger partial charge is 0.219 e. The fraction of sp³-hybridized carbons (Fsp3) is 0.154. The molecule has 0 saturated carbocycles. The van der Waals surface area contributed by atoms with Gasteiger partial charge in [0.05, 0.1) is 21.2 Å².